The van der Waals surface area contributed by atoms with Gasteiger partial charge in [-0.2, -0.15) is 0 Å². The molecule has 4 heteroatoms. The number of nitrogens with zero attached hydrogens (tertiary/aromatic N) is 1. The van der Waals surface area contributed by atoms with Gasteiger partial charge in [-0.25, -0.2) is 4.98 Å². The molecule has 0 aliphatic carbocycles. The van der Waals surface area contributed by atoms with Crippen LogP contribution >= 0.6 is 12.4 Å². The van der Waals surface area contributed by atoms with Crippen LogP contribution < -0.4 is 10.6 Å². The van der Waals surface area contributed by atoms with Crippen molar-refractivity contribution in [2.45, 2.75) is 32.9 Å². The van der Waals surface area contributed by atoms with Gasteiger partial charge in [0.1, 0.15) is 5.82 Å². The molecule has 0 saturated carbocycles. The number of hydrogen-bond donors (Lipinski definition) is 2. The zero-order valence-corrected chi connectivity index (χ0v) is 10.0. The zero-order valence-electron chi connectivity index (χ0n) is 9.21. The molecule has 1 aromatic rings. The normalized spacial score (nSPS) is 14.3. The van der Waals surface area contributed by atoms with Crippen LogP contribution in [-0.4, -0.2) is 17.6 Å². The Kier molecular flexibility index (Phi) is 4.36. The quantitative estimate of drug-likeness (QED) is 0.811. The van der Waals surface area contributed by atoms with Gasteiger partial charge in [-0.15, -0.1) is 12.4 Å². The van der Waals surface area contributed by atoms with Crippen LogP contribution in [0.15, 0.2) is 12.1 Å². The van der Waals surface area contributed by atoms with Crippen molar-refractivity contribution in [3.63, 3.8) is 0 Å². The van der Waals surface area contributed by atoms with Crippen LogP contribution in [0.5, 0.6) is 0 Å². The van der Waals surface area contributed by atoms with Gasteiger partial charge in [0.25, 0.3) is 0 Å². The highest BCUT2D eigenvalue weighted by atomic mass is 35.5. The molecule has 2 N–H and O–H groups in total. The van der Waals surface area contributed by atoms with E-state index in [9.17, 15) is 0 Å². The third-order valence-corrected chi connectivity index (χ3v) is 2.36. The lowest BCUT2D eigenvalue weighted by atomic mass is 10.1. The van der Waals surface area contributed by atoms with Gasteiger partial charge in [0.15, 0.2) is 0 Å². The minimum Gasteiger partial charge on any atom is -0.368 e. The summed E-state index contributed by atoms with van der Waals surface area (Å²) in [4.78, 5) is 4.60. The van der Waals surface area contributed by atoms with Crippen LogP contribution in [0.25, 0.3) is 0 Å². The summed E-state index contributed by atoms with van der Waals surface area (Å²) in [5, 5.41) is 6.66. The highest BCUT2D eigenvalue weighted by Gasteiger charge is 2.10. The Morgan fingerprint density at radius 2 is 2.20 bits per heavy atom. The van der Waals surface area contributed by atoms with Crippen molar-refractivity contribution in [1.82, 2.24) is 10.3 Å². The Bertz CT molecular complexity index is 326. The van der Waals surface area contributed by atoms with Crippen molar-refractivity contribution in [3.05, 3.63) is 23.4 Å². The summed E-state index contributed by atoms with van der Waals surface area (Å²) in [7, 11) is 0. The molecule has 0 radical (unpaired) electrons. The van der Waals surface area contributed by atoms with E-state index < -0.39 is 0 Å². The van der Waals surface area contributed by atoms with E-state index in [1.807, 2.05) is 0 Å². The van der Waals surface area contributed by atoms with Gasteiger partial charge < -0.3 is 10.6 Å². The maximum Gasteiger partial charge on any atom is 0.126 e. The molecule has 0 saturated heterocycles. The maximum atomic E-state index is 4.60. The van der Waals surface area contributed by atoms with Crippen LogP contribution in [0.1, 0.15) is 25.1 Å². The summed E-state index contributed by atoms with van der Waals surface area (Å²) in [6.07, 6.45) is 1.04. The van der Waals surface area contributed by atoms with E-state index in [1.54, 1.807) is 0 Å². The number of nitrogens with one attached hydrogen (secondary N) is 2. The first-order valence-electron chi connectivity index (χ1n) is 5.22. The molecule has 1 aliphatic heterocycles. The predicted octanol–water partition coefficient (Wildman–Crippen LogP) is 1.97. The van der Waals surface area contributed by atoms with E-state index in [4.69, 9.17) is 0 Å². The van der Waals surface area contributed by atoms with Gasteiger partial charge in [-0.1, -0.05) is 6.07 Å². The van der Waals surface area contributed by atoms with Crippen molar-refractivity contribution in [2.75, 3.05) is 11.9 Å². The average molecular weight is 228 g/mol. The maximum absolute atomic E-state index is 4.60. The van der Waals surface area contributed by atoms with Crippen LogP contribution in [-0.2, 0) is 13.0 Å². The summed E-state index contributed by atoms with van der Waals surface area (Å²) in [5.41, 5.74) is 2.58. The van der Waals surface area contributed by atoms with Gasteiger partial charge in [0.2, 0.25) is 0 Å². The summed E-state index contributed by atoms with van der Waals surface area (Å²) >= 11 is 0. The minimum absolute atomic E-state index is 0. The molecule has 1 aliphatic rings. The molecule has 0 spiro atoms. The summed E-state index contributed by atoms with van der Waals surface area (Å²) in [6, 6.07) is 4.67. The van der Waals surface area contributed by atoms with Gasteiger partial charge in [0.05, 0.1) is 0 Å². The number of pyridine rings is 1. The molecular formula is C11H18ClN3. The molecular weight excluding hydrogens is 210 g/mol. The first-order valence-corrected chi connectivity index (χ1v) is 5.22. The second-order valence-corrected chi connectivity index (χ2v) is 4.03. The second kappa shape index (κ2) is 5.33. The molecule has 0 aromatic carbocycles. The van der Waals surface area contributed by atoms with E-state index in [-0.39, 0.29) is 12.4 Å². The van der Waals surface area contributed by atoms with Gasteiger partial charge >= 0.3 is 0 Å². The SMILES string of the molecule is CC(C)Nc1ccc2c(n1)CCNC2.Cl. The topological polar surface area (TPSA) is 37.0 Å². The Balaban J connectivity index is 0.00000112. The Labute approximate surface area is 97.1 Å². The van der Waals surface area contributed by atoms with Crippen molar-refractivity contribution < 1.29 is 0 Å². The lowest BCUT2D eigenvalue weighted by Gasteiger charge is -2.18. The number of halogens is 1. The van der Waals surface area contributed by atoms with Gasteiger partial charge in [-0.3, -0.25) is 0 Å². The average Bonchev–Trinajstić information content (AvgIpc) is 2.17. The molecule has 0 amide bonds. The van der Waals surface area contributed by atoms with Crippen LogP contribution in [0.4, 0.5) is 5.82 Å². The van der Waals surface area contributed by atoms with Crippen LogP contribution in [0.3, 0.4) is 0 Å². The molecule has 3 nitrogen and oxygen atoms in total. The second-order valence-electron chi connectivity index (χ2n) is 4.03. The van der Waals surface area contributed by atoms with Crippen LogP contribution in [0.2, 0.25) is 0 Å². The third kappa shape index (κ3) is 3.08. The van der Waals surface area contributed by atoms with Crippen molar-refractivity contribution in [2.24, 2.45) is 0 Å². The molecule has 1 aromatic heterocycles. The molecule has 0 fully saturated rings. The van der Waals surface area contributed by atoms with Gasteiger partial charge in [-0.05, 0) is 25.5 Å². The Morgan fingerprint density at radius 3 is 2.93 bits per heavy atom. The fourth-order valence-electron chi connectivity index (χ4n) is 1.71. The monoisotopic (exact) mass is 227 g/mol. The molecule has 15 heavy (non-hydrogen) atoms. The number of hydrogen-bond acceptors (Lipinski definition) is 3. The Morgan fingerprint density at radius 1 is 1.40 bits per heavy atom. The fourth-order valence-corrected chi connectivity index (χ4v) is 1.71. The molecule has 0 unspecified atom stereocenters. The van der Waals surface area contributed by atoms with E-state index >= 15 is 0 Å². The molecule has 0 atom stereocenters. The predicted molar refractivity (Wildman–Crippen MR) is 65.7 cm³/mol. The summed E-state index contributed by atoms with van der Waals surface area (Å²) < 4.78 is 0. The highest BCUT2D eigenvalue weighted by Crippen LogP contribution is 2.15. The smallest absolute Gasteiger partial charge is 0.126 e. The van der Waals surface area contributed by atoms with Gasteiger partial charge in [0, 0.05) is 31.2 Å². The van der Waals surface area contributed by atoms with E-state index in [1.165, 1.54) is 11.3 Å². The number of fused-ring (bicyclic) bond motifs is 1. The largest absolute Gasteiger partial charge is 0.368 e. The van der Waals surface area contributed by atoms with E-state index in [0.717, 1.165) is 25.3 Å². The number of rotatable bonds is 2. The number of aromatic nitrogens is 1. The summed E-state index contributed by atoms with van der Waals surface area (Å²) in [5.74, 6) is 1.00. The lowest BCUT2D eigenvalue weighted by molar-refractivity contribution is 0.630. The van der Waals surface area contributed by atoms with Crippen LogP contribution in [0, 0.1) is 0 Å². The van der Waals surface area contributed by atoms with Crippen molar-refractivity contribution in [3.8, 4) is 0 Å². The fraction of sp³-hybridized carbons (Fsp3) is 0.545. The highest BCUT2D eigenvalue weighted by molar-refractivity contribution is 5.85. The molecule has 2 rings (SSSR count). The lowest BCUT2D eigenvalue weighted by Crippen LogP contribution is -2.25. The Hall–Kier alpha value is -0.800. The van der Waals surface area contributed by atoms with E-state index in [0.29, 0.717) is 6.04 Å². The third-order valence-electron chi connectivity index (χ3n) is 2.36. The molecule has 2 heterocycles. The van der Waals surface area contributed by atoms with Crippen molar-refractivity contribution >= 4 is 18.2 Å². The number of anilines is 1. The first kappa shape index (κ1) is 12.3. The molecule has 84 valence electrons. The van der Waals surface area contributed by atoms with Crippen molar-refractivity contribution in [1.29, 1.82) is 0 Å². The van der Waals surface area contributed by atoms with E-state index in [2.05, 4.69) is 41.6 Å². The molecule has 0 bridgehead atoms. The first-order chi connectivity index (χ1) is 6.75. The standard InChI is InChI=1S/C11H17N3.ClH/c1-8(2)13-11-4-3-9-7-12-6-5-10(9)14-11;/h3-4,8,12H,5-7H2,1-2H3,(H,13,14);1H. The zero-order chi connectivity index (χ0) is 9.97. The minimum atomic E-state index is 0. The summed E-state index contributed by atoms with van der Waals surface area (Å²) in [6.45, 7) is 6.26.